The Kier molecular flexibility index (Phi) is 1.89. The van der Waals surface area contributed by atoms with Gasteiger partial charge in [-0.25, -0.2) is 0 Å². The van der Waals surface area contributed by atoms with Crippen molar-refractivity contribution >= 4 is 0 Å². The summed E-state index contributed by atoms with van der Waals surface area (Å²) in [5, 5.41) is 0. The standard InChI is InChI=1S/4CH3.Hg/h4*1H3;. The fraction of sp³-hybridized carbons (Fsp3) is 1.00. The summed E-state index contributed by atoms with van der Waals surface area (Å²) in [6.45, 7) is 0. The third kappa shape index (κ3) is 48.6. The second-order valence-corrected chi connectivity index (χ2v) is 37.2. The van der Waals surface area contributed by atoms with Crippen LogP contribution in [0.5, 0.6) is 0 Å². The molecule has 0 nitrogen and oxygen atoms in total. The second-order valence-electron chi connectivity index (χ2n) is 4.24. The van der Waals surface area contributed by atoms with Gasteiger partial charge in [0, 0.05) is 0 Å². The van der Waals surface area contributed by atoms with Crippen LogP contribution in [0.25, 0.3) is 0 Å². The molecule has 0 amide bonds. The zero-order valence-corrected chi connectivity index (χ0v) is 10.2. The summed E-state index contributed by atoms with van der Waals surface area (Å²) in [4.78, 5) is 0. The summed E-state index contributed by atoms with van der Waals surface area (Å²) >= 11 is -1.39. The van der Waals surface area contributed by atoms with Crippen molar-refractivity contribution in [3.05, 3.63) is 0 Å². The summed E-state index contributed by atoms with van der Waals surface area (Å²) in [5.41, 5.74) is 0. The first kappa shape index (κ1) is 5.94. The molecular weight excluding hydrogens is 249 g/mol. The fourth-order valence-corrected chi connectivity index (χ4v) is 0. The van der Waals surface area contributed by atoms with Gasteiger partial charge in [-0.3, -0.25) is 0 Å². The van der Waals surface area contributed by atoms with Crippen molar-refractivity contribution in [1.29, 1.82) is 0 Å². The minimum atomic E-state index is -1.39. The van der Waals surface area contributed by atoms with Crippen LogP contribution in [0, 0.1) is 0 Å². The third-order valence-electron chi connectivity index (χ3n) is 0. The van der Waals surface area contributed by atoms with Gasteiger partial charge in [-0.15, -0.1) is 0 Å². The van der Waals surface area contributed by atoms with E-state index < -0.39 is 21.5 Å². The van der Waals surface area contributed by atoms with Gasteiger partial charge in [-0.1, -0.05) is 0 Å². The summed E-state index contributed by atoms with van der Waals surface area (Å²) in [5.74, 6) is 0. The maximum absolute atomic E-state index is 2.42. The topological polar surface area (TPSA) is 0 Å². The van der Waals surface area contributed by atoms with Gasteiger partial charge in [0.15, 0.2) is 0 Å². The Morgan fingerprint density at radius 3 is 0.800 bits per heavy atom. The van der Waals surface area contributed by atoms with Crippen LogP contribution < -0.4 is 0 Å². The molecule has 0 unspecified atom stereocenters. The number of hydrogen-bond donors (Lipinski definition) is 0. The van der Waals surface area contributed by atoms with Crippen molar-refractivity contribution < 1.29 is 21.5 Å². The summed E-state index contributed by atoms with van der Waals surface area (Å²) < 4.78 is 9.69. The molecule has 0 aromatic rings. The van der Waals surface area contributed by atoms with Gasteiger partial charge in [-0.05, 0) is 0 Å². The molecule has 5 heavy (non-hydrogen) atoms. The molecule has 0 bridgehead atoms. The Morgan fingerprint density at radius 1 is 0.800 bits per heavy atom. The first-order valence-corrected chi connectivity index (χ1v) is 24.8. The molecule has 0 aliphatic heterocycles. The summed E-state index contributed by atoms with van der Waals surface area (Å²) in [6, 6.07) is 0. The molecule has 0 heterocycles. The molecular formula is C4H12Hg. The number of rotatable bonds is 0. The zero-order valence-electron chi connectivity index (χ0n) is 4.71. The molecule has 0 rings (SSSR count). The average molecular weight is 261 g/mol. The van der Waals surface area contributed by atoms with Gasteiger partial charge in [-0.2, -0.15) is 0 Å². The van der Waals surface area contributed by atoms with Crippen molar-refractivity contribution in [2.24, 2.45) is 0 Å². The van der Waals surface area contributed by atoms with E-state index in [2.05, 4.69) is 17.7 Å². The maximum atomic E-state index is 2.42. The van der Waals surface area contributed by atoms with E-state index in [1.54, 1.807) is 0 Å². The molecule has 0 saturated heterocycles. The molecule has 0 aliphatic carbocycles. The van der Waals surface area contributed by atoms with Crippen LogP contribution in [-0.4, -0.2) is 0 Å². The first-order chi connectivity index (χ1) is 2.00. The normalized spacial score (nSPS) is 8.80. The van der Waals surface area contributed by atoms with Crippen molar-refractivity contribution in [1.82, 2.24) is 0 Å². The minimum absolute atomic E-state index is 1.39. The Labute approximate surface area is 39.3 Å². The van der Waals surface area contributed by atoms with E-state index in [0.717, 1.165) is 0 Å². The van der Waals surface area contributed by atoms with Crippen LogP contribution in [0.2, 0.25) is 17.7 Å². The molecule has 0 atom stereocenters. The molecule has 0 fully saturated rings. The van der Waals surface area contributed by atoms with E-state index in [9.17, 15) is 0 Å². The van der Waals surface area contributed by atoms with Gasteiger partial charge < -0.3 is 0 Å². The van der Waals surface area contributed by atoms with E-state index in [1.165, 1.54) is 0 Å². The molecule has 1 heteroatoms. The Hall–Kier alpha value is 0.935. The van der Waals surface area contributed by atoms with E-state index >= 15 is 0 Å². The van der Waals surface area contributed by atoms with Crippen LogP contribution in [-0.2, 0) is 21.5 Å². The monoisotopic (exact) mass is 262 g/mol. The SMILES string of the molecule is [CH3][Hg]([CH3])([CH3])[CH3]. The summed E-state index contributed by atoms with van der Waals surface area (Å²) in [7, 11) is 0. The average Bonchev–Trinajstić information content (AvgIpc) is 0.722. The van der Waals surface area contributed by atoms with Crippen molar-refractivity contribution in [2.45, 2.75) is 17.7 Å². The van der Waals surface area contributed by atoms with Crippen molar-refractivity contribution in [3.8, 4) is 0 Å². The Morgan fingerprint density at radius 2 is 0.800 bits per heavy atom. The van der Waals surface area contributed by atoms with Crippen LogP contribution in [0.1, 0.15) is 0 Å². The molecule has 0 aliphatic rings. The molecule has 0 N–H and O–H groups in total. The van der Waals surface area contributed by atoms with Crippen molar-refractivity contribution in [3.63, 3.8) is 0 Å². The quantitative estimate of drug-likeness (QED) is 0.587. The molecule has 0 spiro atoms. The van der Waals surface area contributed by atoms with E-state index in [-0.39, 0.29) is 0 Å². The predicted octanol–water partition coefficient (Wildman–Crippen LogP) is 2.33. The van der Waals surface area contributed by atoms with Gasteiger partial charge in [0.05, 0.1) is 0 Å². The van der Waals surface area contributed by atoms with E-state index in [1.807, 2.05) is 0 Å². The van der Waals surface area contributed by atoms with Gasteiger partial charge in [0.2, 0.25) is 0 Å². The van der Waals surface area contributed by atoms with Crippen LogP contribution >= 0.6 is 0 Å². The van der Waals surface area contributed by atoms with Gasteiger partial charge in [0.1, 0.15) is 0 Å². The predicted molar refractivity (Wildman–Crippen MR) is 23.5 cm³/mol. The van der Waals surface area contributed by atoms with Gasteiger partial charge in [0.25, 0.3) is 0 Å². The van der Waals surface area contributed by atoms with Crippen LogP contribution in [0.3, 0.4) is 0 Å². The molecule has 0 saturated carbocycles. The van der Waals surface area contributed by atoms with Crippen LogP contribution in [0.4, 0.5) is 0 Å². The molecule has 0 aromatic heterocycles. The van der Waals surface area contributed by atoms with E-state index in [4.69, 9.17) is 0 Å². The Balaban J connectivity index is 3.02. The van der Waals surface area contributed by atoms with Gasteiger partial charge >= 0.3 is 39.2 Å². The van der Waals surface area contributed by atoms with Crippen molar-refractivity contribution in [2.75, 3.05) is 0 Å². The molecule has 0 aromatic carbocycles. The third-order valence-corrected chi connectivity index (χ3v) is 0. The Bertz CT molecular complexity index is 19.1. The molecule has 0 radical (unpaired) electrons. The number of hydrogen-bond acceptors (Lipinski definition) is 0. The fourth-order valence-electron chi connectivity index (χ4n) is 0. The summed E-state index contributed by atoms with van der Waals surface area (Å²) in [6.07, 6.45) is 0. The second kappa shape index (κ2) is 1.59. The zero-order chi connectivity index (χ0) is 4.50. The van der Waals surface area contributed by atoms with E-state index in [0.29, 0.717) is 0 Å². The first-order valence-electron chi connectivity index (χ1n) is 2.83. The van der Waals surface area contributed by atoms with Crippen LogP contribution in [0.15, 0.2) is 0 Å². The molecule has 30 valence electrons.